The molecule has 3 N–H and O–H groups in total. The van der Waals surface area contributed by atoms with Crippen molar-refractivity contribution in [1.29, 1.82) is 5.26 Å². The van der Waals surface area contributed by atoms with E-state index in [0.29, 0.717) is 31.1 Å². The van der Waals surface area contributed by atoms with E-state index in [2.05, 4.69) is 10.3 Å². The van der Waals surface area contributed by atoms with Crippen molar-refractivity contribution < 1.29 is 19.0 Å². The highest BCUT2D eigenvalue weighted by atomic mass is 16.5. The van der Waals surface area contributed by atoms with Gasteiger partial charge in [-0.25, -0.2) is 4.98 Å². The largest absolute Gasteiger partial charge is 0.493 e. The number of carbonyl (C=O) groups excluding carboxylic acids is 1. The molecule has 0 aliphatic rings. The third-order valence-electron chi connectivity index (χ3n) is 3.79. The zero-order chi connectivity index (χ0) is 19.8. The zero-order valence-corrected chi connectivity index (χ0v) is 15.5. The summed E-state index contributed by atoms with van der Waals surface area (Å²) in [5, 5.41) is 11.9. The number of amides is 1. The predicted molar refractivity (Wildman–Crippen MR) is 100 cm³/mol. The molecule has 2 aromatic rings. The number of hydrogen-bond acceptors (Lipinski definition) is 7. The van der Waals surface area contributed by atoms with Gasteiger partial charge in [-0.15, -0.1) is 0 Å². The molecule has 8 heteroatoms. The number of benzene rings is 1. The van der Waals surface area contributed by atoms with Gasteiger partial charge in [0, 0.05) is 6.54 Å². The number of pyridine rings is 1. The van der Waals surface area contributed by atoms with Crippen LogP contribution in [0.5, 0.6) is 17.4 Å². The molecule has 1 heterocycles. The molecule has 0 fully saturated rings. The summed E-state index contributed by atoms with van der Waals surface area (Å²) in [7, 11) is 3.14. The Morgan fingerprint density at radius 2 is 2.00 bits per heavy atom. The highest BCUT2D eigenvalue weighted by Crippen LogP contribution is 2.27. The van der Waals surface area contributed by atoms with Crippen molar-refractivity contribution in [3.05, 3.63) is 41.1 Å². The number of ether oxygens (including phenoxy) is 3. The Morgan fingerprint density at radius 1 is 1.26 bits per heavy atom. The van der Waals surface area contributed by atoms with E-state index in [1.54, 1.807) is 21.1 Å². The maximum absolute atomic E-state index is 12.4. The van der Waals surface area contributed by atoms with Crippen LogP contribution in [-0.4, -0.2) is 38.3 Å². The molecule has 27 heavy (non-hydrogen) atoms. The van der Waals surface area contributed by atoms with Gasteiger partial charge < -0.3 is 25.3 Å². The number of nitriles is 1. The third-order valence-corrected chi connectivity index (χ3v) is 3.79. The monoisotopic (exact) mass is 370 g/mol. The molecule has 0 bridgehead atoms. The maximum Gasteiger partial charge on any atom is 0.270 e. The SMILES string of the molecule is CCOc1nc(C(=O)NCCc2ccc(OC)c(OC)c2)cc(N)c1C#N. The lowest BCUT2D eigenvalue weighted by atomic mass is 10.1. The molecular formula is C19H22N4O4. The molecule has 0 unspecified atom stereocenters. The normalized spacial score (nSPS) is 10.0. The van der Waals surface area contributed by atoms with E-state index >= 15 is 0 Å². The number of nitrogens with two attached hydrogens (primary N) is 1. The molecule has 0 saturated carbocycles. The topological polar surface area (TPSA) is 119 Å². The van der Waals surface area contributed by atoms with Crippen LogP contribution in [0, 0.1) is 11.3 Å². The van der Waals surface area contributed by atoms with Crippen molar-refractivity contribution in [3.8, 4) is 23.4 Å². The Morgan fingerprint density at radius 3 is 2.63 bits per heavy atom. The third kappa shape index (κ3) is 4.79. The van der Waals surface area contributed by atoms with Crippen LogP contribution in [-0.2, 0) is 6.42 Å². The van der Waals surface area contributed by atoms with Crippen LogP contribution in [0.2, 0.25) is 0 Å². The van der Waals surface area contributed by atoms with Gasteiger partial charge in [0.2, 0.25) is 5.88 Å². The first-order chi connectivity index (χ1) is 13.0. The van der Waals surface area contributed by atoms with Gasteiger partial charge in [0.05, 0.1) is 26.5 Å². The Kier molecular flexibility index (Phi) is 6.83. The Hall–Kier alpha value is -3.47. The number of aromatic nitrogens is 1. The van der Waals surface area contributed by atoms with Crippen molar-refractivity contribution in [1.82, 2.24) is 10.3 Å². The van der Waals surface area contributed by atoms with Crippen molar-refractivity contribution in [3.63, 3.8) is 0 Å². The van der Waals surface area contributed by atoms with Crippen molar-refractivity contribution >= 4 is 11.6 Å². The first kappa shape index (κ1) is 19.8. The summed E-state index contributed by atoms with van der Waals surface area (Å²) in [6.45, 7) is 2.46. The molecular weight excluding hydrogens is 348 g/mol. The Labute approximate surface area is 157 Å². The highest BCUT2D eigenvalue weighted by molar-refractivity contribution is 5.93. The minimum absolute atomic E-state index is 0.0602. The molecule has 8 nitrogen and oxygen atoms in total. The number of hydrogen-bond donors (Lipinski definition) is 2. The van der Waals surface area contributed by atoms with E-state index in [0.717, 1.165) is 5.56 Å². The molecule has 0 aliphatic carbocycles. The van der Waals surface area contributed by atoms with E-state index in [9.17, 15) is 4.79 Å². The number of anilines is 1. The molecule has 142 valence electrons. The standard InChI is InChI=1S/C19H22N4O4/c1-4-27-19-13(11-20)14(21)10-15(23-19)18(24)22-8-7-12-5-6-16(25-2)17(9-12)26-3/h5-6,9-10H,4,7-8H2,1-3H3,(H2,21,23)(H,22,24). The molecule has 1 aromatic heterocycles. The summed E-state index contributed by atoms with van der Waals surface area (Å²) >= 11 is 0. The molecule has 0 radical (unpaired) electrons. The van der Waals surface area contributed by atoms with E-state index in [1.165, 1.54) is 6.07 Å². The van der Waals surface area contributed by atoms with Crippen LogP contribution in [0.1, 0.15) is 28.5 Å². The van der Waals surface area contributed by atoms with Crippen LogP contribution < -0.4 is 25.3 Å². The van der Waals surface area contributed by atoms with Crippen LogP contribution >= 0.6 is 0 Å². The van der Waals surface area contributed by atoms with Crippen LogP contribution in [0.3, 0.4) is 0 Å². The fraction of sp³-hybridized carbons (Fsp3) is 0.316. The summed E-state index contributed by atoms with van der Waals surface area (Å²) in [5.74, 6) is 0.938. The first-order valence-electron chi connectivity index (χ1n) is 8.36. The lowest BCUT2D eigenvalue weighted by Crippen LogP contribution is -2.27. The molecule has 1 amide bonds. The Bertz CT molecular complexity index is 862. The summed E-state index contributed by atoms with van der Waals surface area (Å²) < 4.78 is 15.8. The summed E-state index contributed by atoms with van der Waals surface area (Å²) in [6.07, 6.45) is 0.593. The first-order valence-corrected chi connectivity index (χ1v) is 8.36. The van der Waals surface area contributed by atoms with Crippen LogP contribution in [0.4, 0.5) is 5.69 Å². The van der Waals surface area contributed by atoms with Gasteiger partial charge in [-0.1, -0.05) is 6.07 Å². The molecule has 0 atom stereocenters. The molecule has 2 rings (SSSR count). The van der Waals surface area contributed by atoms with Gasteiger partial charge in [0.15, 0.2) is 11.5 Å². The van der Waals surface area contributed by atoms with E-state index in [-0.39, 0.29) is 22.8 Å². The quantitative estimate of drug-likeness (QED) is 0.728. The van der Waals surface area contributed by atoms with E-state index in [4.69, 9.17) is 25.2 Å². The number of rotatable bonds is 8. The Balaban J connectivity index is 2.05. The summed E-state index contributed by atoms with van der Waals surface area (Å²) in [6, 6.07) is 8.87. The number of nitrogens with one attached hydrogen (secondary N) is 1. The zero-order valence-electron chi connectivity index (χ0n) is 15.5. The van der Waals surface area contributed by atoms with Gasteiger partial charge in [0.1, 0.15) is 17.3 Å². The maximum atomic E-state index is 12.4. The summed E-state index contributed by atoms with van der Waals surface area (Å²) in [4.78, 5) is 16.5. The minimum Gasteiger partial charge on any atom is -0.493 e. The molecule has 1 aromatic carbocycles. The van der Waals surface area contributed by atoms with Crippen LogP contribution in [0.25, 0.3) is 0 Å². The van der Waals surface area contributed by atoms with Crippen molar-refractivity contribution in [2.45, 2.75) is 13.3 Å². The molecule has 0 spiro atoms. The fourth-order valence-electron chi connectivity index (χ4n) is 2.46. The molecule has 0 saturated heterocycles. The highest BCUT2D eigenvalue weighted by Gasteiger charge is 2.16. The average molecular weight is 370 g/mol. The second-order valence-electron chi connectivity index (χ2n) is 5.52. The van der Waals surface area contributed by atoms with E-state index < -0.39 is 5.91 Å². The number of nitrogen functional groups attached to an aromatic ring is 1. The van der Waals surface area contributed by atoms with Crippen molar-refractivity contribution in [2.75, 3.05) is 33.1 Å². The predicted octanol–water partition coefficient (Wildman–Crippen LogP) is 1.92. The van der Waals surface area contributed by atoms with Gasteiger partial charge in [0.25, 0.3) is 5.91 Å². The average Bonchev–Trinajstić information content (AvgIpc) is 2.67. The number of nitrogens with zero attached hydrogens (tertiary/aromatic N) is 2. The minimum atomic E-state index is -0.396. The summed E-state index contributed by atoms with van der Waals surface area (Å²) in [5.41, 5.74) is 7.19. The van der Waals surface area contributed by atoms with Crippen molar-refractivity contribution in [2.24, 2.45) is 0 Å². The van der Waals surface area contributed by atoms with E-state index in [1.807, 2.05) is 24.3 Å². The fourth-order valence-corrected chi connectivity index (χ4v) is 2.46. The smallest absolute Gasteiger partial charge is 0.270 e. The van der Waals surface area contributed by atoms with Gasteiger partial charge in [-0.05, 0) is 37.1 Å². The van der Waals surface area contributed by atoms with Gasteiger partial charge in [-0.2, -0.15) is 5.26 Å². The van der Waals surface area contributed by atoms with Gasteiger partial charge >= 0.3 is 0 Å². The molecule has 0 aliphatic heterocycles. The lowest BCUT2D eigenvalue weighted by molar-refractivity contribution is 0.0948. The lowest BCUT2D eigenvalue weighted by Gasteiger charge is -2.11. The van der Waals surface area contributed by atoms with Gasteiger partial charge in [-0.3, -0.25) is 4.79 Å². The second-order valence-corrected chi connectivity index (χ2v) is 5.52. The number of carbonyl (C=O) groups is 1. The van der Waals surface area contributed by atoms with Crippen LogP contribution in [0.15, 0.2) is 24.3 Å². The second kappa shape index (κ2) is 9.29. The number of methoxy groups -OCH3 is 2.